The average Bonchev–Trinajstić information content (AvgIpc) is 2.66. The molecule has 150 valence electrons. The van der Waals surface area contributed by atoms with Crippen LogP contribution in [0.4, 0.5) is 13.2 Å². The molecule has 1 aromatic carbocycles. The van der Waals surface area contributed by atoms with Gasteiger partial charge in [-0.15, -0.1) is 0 Å². The first kappa shape index (κ1) is 20.1. The summed E-state index contributed by atoms with van der Waals surface area (Å²) in [5, 5.41) is 16.1. The van der Waals surface area contributed by atoms with Gasteiger partial charge in [-0.2, -0.15) is 13.2 Å². The fourth-order valence-corrected chi connectivity index (χ4v) is 4.42. The Morgan fingerprint density at radius 2 is 1.89 bits per heavy atom. The summed E-state index contributed by atoms with van der Waals surface area (Å²) in [6, 6.07) is 7.71. The van der Waals surface area contributed by atoms with Gasteiger partial charge >= 0.3 is 6.18 Å². The first-order valence-electron chi connectivity index (χ1n) is 9.64. The Balaban J connectivity index is 1.54. The molecule has 0 aromatic heterocycles. The number of carbonyl (C=O) groups is 1. The molecule has 0 aliphatic heterocycles. The zero-order valence-electron chi connectivity index (χ0n) is 15.3. The van der Waals surface area contributed by atoms with E-state index in [1.54, 1.807) is 0 Å². The molecule has 1 fully saturated rings. The second-order valence-electron chi connectivity index (χ2n) is 7.76. The molecule has 4 nitrogen and oxygen atoms in total. The molecular weight excluding hydrogens is 357 g/mol. The molecule has 1 saturated carbocycles. The Morgan fingerprint density at radius 3 is 2.56 bits per heavy atom. The molecule has 0 heterocycles. The number of hydrogen-bond donors (Lipinski definition) is 3. The molecule has 0 saturated heterocycles. The minimum atomic E-state index is -4.14. The van der Waals surface area contributed by atoms with Gasteiger partial charge in [0.2, 0.25) is 5.91 Å². The van der Waals surface area contributed by atoms with E-state index in [1.807, 2.05) is 24.3 Å². The molecule has 0 bridgehead atoms. The van der Waals surface area contributed by atoms with Crippen LogP contribution in [0.15, 0.2) is 24.3 Å². The molecule has 3 rings (SSSR count). The highest BCUT2D eigenvalue weighted by atomic mass is 19.4. The van der Waals surface area contributed by atoms with Crippen LogP contribution in [0.1, 0.15) is 49.7 Å². The molecule has 1 atom stereocenters. The van der Waals surface area contributed by atoms with Gasteiger partial charge in [-0.3, -0.25) is 10.1 Å². The number of fused-ring (bicyclic) bond motifs is 1. The lowest BCUT2D eigenvalue weighted by molar-refractivity contribution is -0.182. The van der Waals surface area contributed by atoms with E-state index in [1.165, 1.54) is 5.56 Å². The molecule has 2 aliphatic carbocycles. The van der Waals surface area contributed by atoms with E-state index >= 15 is 0 Å². The predicted octanol–water partition coefficient (Wildman–Crippen LogP) is 3.04. The fourth-order valence-electron chi connectivity index (χ4n) is 4.42. The summed E-state index contributed by atoms with van der Waals surface area (Å²) >= 11 is 0. The Labute approximate surface area is 157 Å². The van der Waals surface area contributed by atoms with Crippen LogP contribution in [0.5, 0.6) is 0 Å². The first-order valence-corrected chi connectivity index (χ1v) is 9.64. The quantitative estimate of drug-likeness (QED) is 0.731. The lowest BCUT2D eigenvalue weighted by Crippen LogP contribution is -2.52. The Kier molecular flexibility index (Phi) is 6.11. The maximum absolute atomic E-state index is 12.7. The minimum Gasteiger partial charge on any atom is -0.394 e. The Bertz CT molecular complexity index is 657. The van der Waals surface area contributed by atoms with Gasteiger partial charge in [0, 0.05) is 6.04 Å². The van der Waals surface area contributed by atoms with Crippen molar-refractivity contribution in [2.45, 2.75) is 62.7 Å². The van der Waals surface area contributed by atoms with Crippen molar-refractivity contribution in [1.82, 2.24) is 10.6 Å². The van der Waals surface area contributed by atoms with Gasteiger partial charge in [0.05, 0.1) is 24.6 Å². The number of hydrogen-bond acceptors (Lipinski definition) is 3. The number of rotatable bonds is 5. The molecule has 2 aliphatic rings. The number of amides is 1. The fraction of sp³-hybridized carbons (Fsp3) is 0.650. The standard InChI is InChI=1S/C20H27F3N2O2/c21-20(22,23)15-7-9-16(10-8-15)25-18(27)12-24-19(13-26)11-3-5-14-4-1-2-6-17(14)19/h1-2,4,6,15-16,24,26H,3,5,7-13H2,(H,25,27)/t15?,16?,19-/m0/s1. The topological polar surface area (TPSA) is 61.4 Å². The van der Waals surface area contributed by atoms with E-state index in [4.69, 9.17) is 0 Å². The molecule has 7 heteroatoms. The van der Waals surface area contributed by atoms with Crippen LogP contribution < -0.4 is 10.6 Å². The minimum absolute atomic E-state index is 0.0358. The first-order chi connectivity index (χ1) is 12.8. The number of aliphatic hydroxyl groups is 1. The summed E-state index contributed by atoms with van der Waals surface area (Å²) in [5.74, 6) is -1.48. The van der Waals surface area contributed by atoms with Gasteiger partial charge in [0.1, 0.15) is 0 Å². The highest BCUT2D eigenvalue weighted by Gasteiger charge is 2.41. The van der Waals surface area contributed by atoms with Crippen LogP contribution in [-0.4, -0.2) is 36.4 Å². The zero-order valence-corrected chi connectivity index (χ0v) is 15.3. The van der Waals surface area contributed by atoms with E-state index < -0.39 is 17.6 Å². The van der Waals surface area contributed by atoms with Crippen molar-refractivity contribution in [1.29, 1.82) is 0 Å². The van der Waals surface area contributed by atoms with Crippen LogP contribution in [0.2, 0.25) is 0 Å². The number of halogens is 3. The van der Waals surface area contributed by atoms with Gasteiger partial charge in [-0.25, -0.2) is 0 Å². The third-order valence-electron chi connectivity index (χ3n) is 6.00. The third kappa shape index (κ3) is 4.63. The molecule has 0 radical (unpaired) electrons. The Hall–Kier alpha value is -1.60. The van der Waals surface area contributed by atoms with E-state index in [-0.39, 0.29) is 37.9 Å². The molecule has 1 amide bonds. The molecule has 27 heavy (non-hydrogen) atoms. The van der Waals surface area contributed by atoms with Gasteiger partial charge in [-0.05, 0) is 56.1 Å². The van der Waals surface area contributed by atoms with Crippen molar-refractivity contribution < 1.29 is 23.1 Å². The number of alkyl halides is 3. The van der Waals surface area contributed by atoms with Crippen LogP contribution >= 0.6 is 0 Å². The number of benzene rings is 1. The normalized spacial score (nSPS) is 28.4. The Morgan fingerprint density at radius 1 is 1.19 bits per heavy atom. The van der Waals surface area contributed by atoms with Crippen LogP contribution in [0.25, 0.3) is 0 Å². The van der Waals surface area contributed by atoms with Crippen molar-refractivity contribution >= 4 is 5.91 Å². The van der Waals surface area contributed by atoms with Crippen molar-refractivity contribution in [3.8, 4) is 0 Å². The van der Waals surface area contributed by atoms with Gasteiger partial charge in [0.15, 0.2) is 0 Å². The molecule has 0 unspecified atom stereocenters. The van der Waals surface area contributed by atoms with Gasteiger partial charge < -0.3 is 10.4 Å². The van der Waals surface area contributed by atoms with E-state index in [0.717, 1.165) is 24.8 Å². The molecular formula is C20H27F3N2O2. The van der Waals surface area contributed by atoms with E-state index in [2.05, 4.69) is 10.6 Å². The van der Waals surface area contributed by atoms with Crippen molar-refractivity contribution in [2.24, 2.45) is 5.92 Å². The number of nitrogens with one attached hydrogen (secondary N) is 2. The average molecular weight is 384 g/mol. The zero-order chi connectivity index (χ0) is 19.5. The number of aliphatic hydroxyl groups excluding tert-OH is 1. The summed E-state index contributed by atoms with van der Waals surface area (Å²) in [6.07, 6.45) is -0.690. The summed E-state index contributed by atoms with van der Waals surface area (Å²) in [7, 11) is 0. The van der Waals surface area contributed by atoms with Crippen molar-refractivity contribution in [3.05, 3.63) is 35.4 Å². The van der Waals surface area contributed by atoms with Gasteiger partial charge in [-0.1, -0.05) is 24.3 Å². The SMILES string of the molecule is O=C(CN[C@]1(CO)CCCc2ccccc21)NC1CCC(C(F)(F)F)CC1. The monoisotopic (exact) mass is 384 g/mol. The van der Waals surface area contributed by atoms with Crippen LogP contribution in [0, 0.1) is 5.92 Å². The molecule has 3 N–H and O–H groups in total. The van der Waals surface area contributed by atoms with Crippen molar-refractivity contribution in [2.75, 3.05) is 13.2 Å². The number of aryl methyl sites for hydroxylation is 1. The van der Waals surface area contributed by atoms with Crippen molar-refractivity contribution in [3.63, 3.8) is 0 Å². The van der Waals surface area contributed by atoms with E-state index in [9.17, 15) is 23.1 Å². The summed E-state index contributed by atoms with van der Waals surface area (Å²) in [5.41, 5.74) is 1.56. The van der Waals surface area contributed by atoms with Crippen LogP contribution in [-0.2, 0) is 16.8 Å². The second-order valence-corrected chi connectivity index (χ2v) is 7.76. The predicted molar refractivity (Wildman–Crippen MR) is 96.1 cm³/mol. The van der Waals surface area contributed by atoms with E-state index in [0.29, 0.717) is 12.8 Å². The van der Waals surface area contributed by atoms with Crippen LogP contribution in [0.3, 0.4) is 0 Å². The number of carbonyl (C=O) groups excluding carboxylic acids is 1. The van der Waals surface area contributed by atoms with Gasteiger partial charge in [0.25, 0.3) is 0 Å². The lowest BCUT2D eigenvalue weighted by atomic mass is 9.77. The molecule has 0 spiro atoms. The highest BCUT2D eigenvalue weighted by molar-refractivity contribution is 5.78. The summed E-state index contributed by atoms with van der Waals surface area (Å²) in [4.78, 5) is 12.3. The second kappa shape index (κ2) is 8.19. The lowest BCUT2D eigenvalue weighted by Gasteiger charge is -2.39. The third-order valence-corrected chi connectivity index (χ3v) is 6.00. The summed E-state index contributed by atoms with van der Waals surface area (Å²) < 4.78 is 38.2. The maximum Gasteiger partial charge on any atom is 0.391 e. The maximum atomic E-state index is 12.7. The molecule has 1 aromatic rings. The highest BCUT2D eigenvalue weighted by Crippen LogP contribution is 2.37. The largest absolute Gasteiger partial charge is 0.394 e. The smallest absolute Gasteiger partial charge is 0.391 e. The summed E-state index contributed by atoms with van der Waals surface area (Å²) in [6.45, 7) is -0.0674.